The Morgan fingerprint density at radius 3 is 2.58 bits per heavy atom. The molecular formula is C17H27Cl2N3O2. The Bertz CT molecular complexity index is 513. The van der Waals surface area contributed by atoms with Gasteiger partial charge in [0.2, 0.25) is 0 Å². The molecule has 0 fully saturated rings. The molecule has 0 aliphatic carbocycles. The zero-order chi connectivity index (χ0) is 17.8. The van der Waals surface area contributed by atoms with E-state index in [9.17, 15) is 0 Å². The first-order chi connectivity index (χ1) is 11.5. The molecule has 0 saturated carbocycles. The molecule has 1 rings (SSSR count). The number of guanidine groups is 1. The van der Waals surface area contributed by atoms with Crippen LogP contribution in [-0.2, 0) is 9.47 Å². The third-order valence-electron chi connectivity index (χ3n) is 3.33. The number of hydrogen-bond donors (Lipinski definition) is 2. The van der Waals surface area contributed by atoms with Crippen molar-refractivity contribution in [1.82, 2.24) is 5.32 Å². The summed E-state index contributed by atoms with van der Waals surface area (Å²) in [5.74, 6) is 0.358. The predicted molar refractivity (Wildman–Crippen MR) is 101 cm³/mol. The average Bonchev–Trinajstić information content (AvgIpc) is 2.53. The lowest BCUT2D eigenvalue weighted by molar-refractivity contribution is 0.0497. The van der Waals surface area contributed by atoms with E-state index >= 15 is 0 Å². The van der Waals surface area contributed by atoms with Gasteiger partial charge >= 0.3 is 0 Å². The zero-order valence-electron chi connectivity index (χ0n) is 14.4. The topological polar surface area (TPSA) is 68.9 Å². The van der Waals surface area contributed by atoms with Gasteiger partial charge in [-0.2, -0.15) is 0 Å². The number of nitrogens with one attached hydrogen (secondary N) is 1. The minimum atomic E-state index is -0.0635. The summed E-state index contributed by atoms with van der Waals surface area (Å²) >= 11 is 12.1. The van der Waals surface area contributed by atoms with E-state index in [4.69, 9.17) is 38.4 Å². The van der Waals surface area contributed by atoms with Crippen LogP contribution in [-0.4, -0.2) is 38.9 Å². The molecule has 24 heavy (non-hydrogen) atoms. The monoisotopic (exact) mass is 375 g/mol. The van der Waals surface area contributed by atoms with Crippen LogP contribution in [0.25, 0.3) is 0 Å². The molecule has 0 saturated heterocycles. The van der Waals surface area contributed by atoms with Crippen LogP contribution in [0.15, 0.2) is 23.2 Å². The lowest BCUT2D eigenvalue weighted by Crippen LogP contribution is -2.34. The molecule has 0 amide bonds. The van der Waals surface area contributed by atoms with E-state index in [1.54, 1.807) is 12.1 Å². The van der Waals surface area contributed by atoms with Crippen LogP contribution in [0.5, 0.6) is 0 Å². The second-order valence-corrected chi connectivity index (χ2v) is 6.22. The average molecular weight is 376 g/mol. The molecule has 1 aromatic carbocycles. The molecule has 1 aromatic rings. The second kappa shape index (κ2) is 12.4. The van der Waals surface area contributed by atoms with E-state index in [1.807, 2.05) is 13.0 Å². The van der Waals surface area contributed by atoms with Crippen LogP contribution in [0.1, 0.15) is 38.3 Å². The number of unbranched alkanes of at least 4 members (excludes halogenated alkanes) is 1. The summed E-state index contributed by atoms with van der Waals surface area (Å²) in [6.07, 6.45) is 2.23. The number of halogens is 2. The van der Waals surface area contributed by atoms with E-state index in [0.29, 0.717) is 42.4 Å². The first kappa shape index (κ1) is 21.0. The van der Waals surface area contributed by atoms with E-state index in [0.717, 1.165) is 25.0 Å². The van der Waals surface area contributed by atoms with E-state index < -0.39 is 0 Å². The van der Waals surface area contributed by atoms with Crippen molar-refractivity contribution in [2.75, 3.05) is 33.0 Å². The molecule has 0 aromatic heterocycles. The molecule has 0 heterocycles. The van der Waals surface area contributed by atoms with Gasteiger partial charge in [0.1, 0.15) is 0 Å². The highest BCUT2D eigenvalue weighted by atomic mass is 35.5. The quantitative estimate of drug-likeness (QED) is 0.350. The minimum Gasteiger partial charge on any atom is -0.379 e. The largest absolute Gasteiger partial charge is 0.379 e. The number of nitrogens with two attached hydrogens (primary N) is 1. The summed E-state index contributed by atoms with van der Waals surface area (Å²) in [4.78, 5) is 4.23. The molecule has 136 valence electrons. The van der Waals surface area contributed by atoms with Crippen LogP contribution >= 0.6 is 23.2 Å². The van der Waals surface area contributed by atoms with Crippen LogP contribution in [0.2, 0.25) is 10.0 Å². The highest BCUT2D eigenvalue weighted by Crippen LogP contribution is 2.25. The fourth-order valence-corrected chi connectivity index (χ4v) is 2.57. The SMILES string of the molecule is CCCCOCCOCCN=C(N)NC(C)c1ccc(Cl)cc1Cl. The Morgan fingerprint density at radius 2 is 1.92 bits per heavy atom. The summed E-state index contributed by atoms with van der Waals surface area (Å²) in [6, 6.07) is 5.31. The number of nitrogens with zero attached hydrogens (tertiary/aromatic N) is 1. The van der Waals surface area contributed by atoms with Gasteiger partial charge in [-0.05, 0) is 31.0 Å². The molecule has 0 aliphatic rings. The molecule has 1 atom stereocenters. The molecule has 5 nitrogen and oxygen atoms in total. The van der Waals surface area contributed by atoms with Gasteiger partial charge in [0.15, 0.2) is 5.96 Å². The van der Waals surface area contributed by atoms with Crippen LogP contribution in [0.4, 0.5) is 0 Å². The third-order valence-corrected chi connectivity index (χ3v) is 3.89. The van der Waals surface area contributed by atoms with Gasteiger partial charge in [-0.1, -0.05) is 42.6 Å². The Kier molecular flexibility index (Phi) is 10.8. The second-order valence-electron chi connectivity index (χ2n) is 5.38. The minimum absolute atomic E-state index is 0.0635. The molecule has 3 N–H and O–H groups in total. The van der Waals surface area contributed by atoms with Gasteiger partial charge < -0.3 is 20.5 Å². The van der Waals surface area contributed by atoms with Crippen molar-refractivity contribution in [3.63, 3.8) is 0 Å². The summed E-state index contributed by atoms with van der Waals surface area (Å²) in [6.45, 7) is 7.08. The molecule has 0 bridgehead atoms. The van der Waals surface area contributed by atoms with Gasteiger partial charge in [0, 0.05) is 16.7 Å². The van der Waals surface area contributed by atoms with Crippen molar-refractivity contribution in [2.24, 2.45) is 10.7 Å². The van der Waals surface area contributed by atoms with Crippen molar-refractivity contribution in [3.05, 3.63) is 33.8 Å². The number of ether oxygens (including phenoxy) is 2. The molecular weight excluding hydrogens is 349 g/mol. The normalized spacial score (nSPS) is 13.1. The van der Waals surface area contributed by atoms with E-state index in [-0.39, 0.29) is 6.04 Å². The summed E-state index contributed by atoms with van der Waals surface area (Å²) in [5, 5.41) is 4.31. The Labute approximate surface area is 154 Å². The standard InChI is InChI=1S/C17H27Cl2N3O2/c1-3-4-8-23-10-11-24-9-7-21-17(20)22-13(2)15-6-5-14(18)12-16(15)19/h5-6,12-13H,3-4,7-11H2,1-2H3,(H3,20,21,22). The van der Waals surface area contributed by atoms with Crippen molar-refractivity contribution in [3.8, 4) is 0 Å². The maximum atomic E-state index is 6.18. The highest BCUT2D eigenvalue weighted by Gasteiger charge is 2.10. The van der Waals surface area contributed by atoms with Gasteiger partial charge in [-0.15, -0.1) is 0 Å². The fraction of sp³-hybridized carbons (Fsp3) is 0.588. The summed E-state index contributed by atoms with van der Waals surface area (Å²) < 4.78 is 10.8. The van der Waals surface area contributed by atoms with Crippen molar-refractivity contribution in [2.45, 2.75) is 32.7 Å². The van der Waals surface area contributed by atoms with Crippen molar-refractivity contribution >= 4 is 29.2 Å². The first-order valence-corrected chi connectivity index (χ1v) is 8.97. The van der Waals surface area contributed by atoms with Crippen molar-refractivity contribution < 1.29 is 9.47 Å². The third kappa shape index (κ3) is 8.73. The maximum Gasteiger partial charge on any atom is 0.189 e. The Hall–Kier alpha value is -1.01. The molecule has 0 spiro atoms. The van der Waals surface area contributed by atoms with Crippen LogP contribution in [0, 0.1) is 0 Å². The smallest absolute Gasteiger partial charge is 0.189 e. The number of rotatable bonds is 11. The zero-order valence-corrected chi connectivity index (χ0v) is 15.9. The van der Waals surface area contributed by atoms with Gasteiger partial charge in [-0.25, -0.2) is 0 Å². The van der Waals surface area contributed by atoms with Gasteiger partial charge in [0.05, 0.1) is 32.4 Å². The Morgan fingerprint density at radius 1 is 1.21 bits per heavy atom. The van der Waals surface area contributed by atoms with Crippen molar-refractivity contribution in [1.29, 1.82) is 0 Å². The molecule has 1 unspecified atom stereocenters. The Balaban J connectivity index is 2.22. The predicted octanol–water partition coefficient (Wildman–Crippen LogP) is 3.79. The molecule has 0 aliphatic heterocycles. The number of benzene rings is 1. The summed E-state index contributed by atoms with van der Waals surface area (Å²) in [7, 11) is 0. The van der Waals surface area contributed by atoms with Crippen LogP contribution in [0.3, 0.4) is 0 Å². The van der Waals surface area contributed by atoms with Crippen LogP contribution < -0.4 is 11.1 Å². The number of aliphatic imine (C=N–C) groups is 1. The maximum absolute atomic E-state index is 6.18. The van der Waals surface area contributed by atoms with Gasteiger partial charge in [0.25, 0.3) is 0 Å². The molecule has 7 heteroatoms. The number of hydrogen-bond acceptors (Lipinski definition) is 3. The van der Waals surface area contributed by atoms with E-state index in [2.05, 4.69) is 17.2 Å². The van der Waals surface area contributed by atoms with E-state index in [1.165, 1.54) is 0 Å². The summed E-state index contributed by atoms with van der Waals surface area (Å²) in [5.41, 5.74) is 6.79. The van der Waals surface area contributed by atoms with Gasteiger partial charge in [-0.3, -0.25) is 4.99 Å². The fourth-order valence-electron chi connectivity index (χ4n) is 2.00. The first-order valence-electron chi connectivity index (χ1n) is 8.21. The molecule has 0 radical (unpaired) electrons. The lowest BCUT2D eigenvalue weighted by Gasteiger charge is -2.16. The highest BCUT2D eigenvalue weighted by molar-refractivity contribution is 6.35. The lowest BCUT2D eigenvalue weighted by atomic mass is 10.1.